The zero-order chi connectivity index (χ0) is 24.3. The number of ether oxygens (including phenoxy) is 1. The summed E-state index contributed by atoms with van der Waals surface area (Å²) in [6, 6.07) is 0. The summed E-state index contributed by atoms with van der Waals surface area (Å²) in [5, 5.41) is 0. The van der Waals surface area contributed by atoms with Crippen LogP contribution in [0.4, 0.5) is 0 Å². The van der Waals surface area contributed by atoms with E-state index in [1.165, 1.54) is 51.0 Å². The van der Waals surface area contributed by atoms with E-state index >= 15 is 0 Å². The molecule has 0 saturated heterocycles. The van der Waals surface area contributed by atoms with Crippen LogP contribution in [0.15, 0.2) is 11.6 Å². The molecule has 0 radical (unpaired) electrons. The molecule has 0 bridgehead atoms. The van der Waals surface area contributed by atoms with Gasteiger partial charge in [-0.2, -0.15) is 0 Å². The molecule has 4 aliphatic carbocycles. The third-order valence-electron chi connectivity index (χ3n) is 9.66. The molecule has 3 saturated carbocycles. The highest BCUT2D eigenvalue weighted by Crippen LogP contribution is 2.63. The molecule has 3 fully saturated rings. The second-order valence-corrected chi connectivity index (χ2v) is 12.1. The van der Waals surface area contributed by atoms with Crippen LogP contribution in [0.2, 0.25) is 0 Å². The molecule has 0 unspecified atom stereocenters. The predicted molar refractivity (Wildman–Crippen MR) is 135 cm³/mol. The molecule has 0 aromatic rings. The summed E-state index contributed by atoms with van der Waals surface area (Å²) in [5.74, 6) is 2.98. The number of allylic oxidation sites excluding steroid dienone is 1. The molecule has 0 N–H and O–H groups in total. The number of esters is 1. The van der Waals surface area contributed by atoms with Crippen LogP contribution in [0, 0.1) is 35.0 Å². The summed E-state index contributed by atoms with van der Waals surface area (Å²) in [6.07, 6.45) is 16.2. The average Bonchev–Trinajstić information content (AvgIpc) is 3.08. The van der Waals surface area contributed by atoms with Gasteiger partial charge in [0.05, 0.1) is 0 Å². The van der Waals surface area contributed by atoms with Gasteiger partial charge in [-0.15, -0.1) is 11.6 Å². The number of ketones is 2. The van der Waals surface area contributed by atoms with E-state index in [1.54, 1.807) is 0 Å². The Kier molecular flexibility index (Phi) is 8.59. The van der Waals surface area contributed by atoms with Gasteiger partial charge < -0.3 is 4.74 Å². The minimum atomic E-state index is -0.367. The van der Waals surface area contributed by atoms with Crippen molar-refractivity contribution >= 4 is 29.1 Å². The van der Waals surface area contributed by atoms with Gasteiger partial charge in [0, 0.05) is 37.0 Å². The van der Waals surface area contributed by atoms with Crippen molar-refractivity contribution in [2.45, 2.75) is 110 Å². The SMILES string of the molecule is CC(=O)O[C@@H]1C[C@]2(C)C(=O)CC[C@H]2[C@@H]2[C@H](CCCCCCCCCCl)CC3=CC(=O)CC[C@@H]3[C@H]21. The number of hydrogen-bond donors (Lipinski definition) is 0. The summed E-state index contributed by atoms with van der Waals surface area (Å²) >= 11 is 5.78. The maximum atomic E-state index is 13.1. The van der Waals surface area contributed by atoms with E-state index in [4.69, 9.17) is 16.3 Å². The second-order valence-electron chi connectivity index (χ2n) is 11.7. The number of unbranched alkanes of at least 4 members (excludes halogenated alkanes) is 6. The fourth-order valence-electron chi connectivity index (χ4n) is 8.19. The standard InChI is InChI=1S/C29H43ClO4/c1-19(31)34-25-18-29(2)24(13-14-26(29)33)27-20(10-8-6-4-3-5-7-9-15-30)16-21-17-22(32)11-12-23(21)28(25)27/h17,20,23-25,27-28H,3-16,18H2,1-2H3/t20-,23+,24+,25-,27+,28+,29+/m1/s1. The van der Waals surface area contributed by atoms with Crippen molar-refractivity contribution in [3.05, 3.63) is 11.6 Å². The molecule has 0 aromatic heterocycles. The fourth-order valence-corrected chi connectivity index (χ4v) is 8.38. The number of Topliss-reactive ketones (excluding diaryl/α,β-unsaturated/α-hetero) is 1. The van der Waals surface area contributed by atoms with Crippen molar-refractivity contribution in [2.75, 3.05) is 5.88 Å². The quantitative estimate of drug-likeness (QED) is 0.191. The minimum absolute atomic E-state index is 0.211. The molecule has 4 aliphatic rings. The van der Waals surface area contributed by atoms with Gasteiger partial charge in [0.25, 0.3) is 0 Å². The highest BCUT2D eigenvalue weighted by atomic mass is 35.5. The summed E-state index contributed by atoms with van der Waals surface area (Å²) in [5.41, 5.74) is 0.932. The minimum Gasteiger partial charge on any atom is -0.462 e. The molecule has 0 spiro atoms. The highest BCUT2D eigenvalue weighted by molar-refractivity contribution is 6.17. The van der Waals surface area contributed by atoms with Crippen molar-refractivity contribution in [1.29, 1.82) is 0 Å². The van der Waals surface area contributed by atoms with E-state index in [2.05, 4.69) is 6.92 Å². The zero-order valence-corrected chi connectivity index (χ0v) is 21.9. The second kappa shape index (κ2) is 11.3. The van der Waals surface area contributed by atoms with E-state index in [1.807, 2.05) is 6.08 Å². The summed E-state index contributed by atoms with van der Waals surface area (Å²) in [7, 11) is 0. The maximum Gasteiger partial charge on any atom is 0.302 e. The van der Waals surface area contributed by atoms with Gasteiger partial charge in [-0.3, -0.25) is 14.4 Å². The number of halogens is 1. The molecule has 0 amide bonds. The van der Waals surface area contributed by atoms with Crippen LogP contribution < -0.4 is 0 Å². The molecule has 7 atom stereocenters. The van der Waals surface area contributed by atoms with Crippen molar-refractivity contribution in [1.82, 2.24) is 0 Å². The number of carbonyl (C=O) groups is 3. The summed E-state index contributed by atoms with van der Waals surface area (Å²) in [4.78, 5) is 37.5. The van der Waals surface area contributed by atoms with E-state index < -0.39 is 0 Å². The number of carbonyl (C=O) groups excluding carboxylic acids is 3. The Morgan fingerprint density at radius 2 is 1.74 bits per heavy atom. The Labute approximate surface area is 210 Å². The Hall–Kier alpha value is -1.16. The van der Waals surface area contributed by atoms with Gasteiger partial charge in [0.1, 0.15) is 11.9 Å². The number of alkyl halides is 1. The first-order valence-corrected chi connectivity index (χ1v) is 14.4. The molecular weight excluding hydrogens is 448 g/mol. The number of fused-ring (bicyclic) bond motifs is 5. The third kappa shape index (κ3) is 5.32. The molecule has 5 heteroatoms. The largest absolute Gasteiger partial charge is 0.462 e. The van der Waals surface area contributed by atoms with Gasteiger partial charge in [-0.05, 0) is 68.3 Å². The Balaban J connectivity index is 1.53. The number of hydrogen-bond acceptors (Lipinski definition) is 4. The number of rotatable bonds is 10. The third-order valence-corrected chi connectivity index (χ3v) is 9.93. The lowest BCUT2D eigenvalue weighted by Crippen LogP contribution is -2.56. The summed E-state index contributed by atoms with van der Waals surface area (Å²) < 4.78 is 5.98. The van der Waals surface area contributed by atoms with Crippen molar-refractivity contribution in [2.24, 2.45) is 35.0 Å². The molecule has 190 valence electrons. The van der Waals surface area contributed by atoms with Crippen LogP contribution in [-0.2, 0) is 19.1 Å². The monoisotopic (exact) mass is 490 g/mol. The molecule has 4 nitrogen and oxygen atoms in total. The summed E-state index contributed by atoms with van der Waals surface area (Å²) in [6.45, 7) is 3.64. The molecule has 34 heavy (non-hydrogen) atoms. The van der Waals surface area contributed by atoms with Crippen LogP contribution in [0.3, 0.4) is 0 Å². The normalized spacial score (nSPS) is 37.0. The van der Waals surface area contributed by atoms with Crippen LogP contribution >= 0.6 is 11.6 Å². The lowest BCUT2D eigenvalue weighted by atomic mass is 9.48. The van der Waals surface area contributed by atoms with Gasteiger partial charge in [0.15, 0.2) is 5.78 Å². The lowest BCUT2D eigenvalue weighted by molar-refractivity contribution is -0.173. The first-order chi connectivity index (χ1) is 16.3. The topological polar surface area (TPSA) is 60.4 Å². The average molecular weight is 491 g/mol. The smallest absolute Gasteiger partial charge is 0.302 e. The van der Waals surface area contributed by atoms with Crippen LogP contribution in [0.5, 0.6) is 0 Å². The van der Waals surface area contributed by atoms with Crippen molar-refractivity contribution in [3.8, 4) is 0 Å². The Morgan fingerprint density at radius 1 is 1.03 bits per heavy atom. The van der Waals surface area contributed by atoms with Gasteiger partial charge in [0.2, 0.25) is 0 Å². The van der Waals surface area contributed by atoms with E-state index in [9.17, 15) is 14.4 Å². The molecular formula is C29H43ClO4. The molecule has 0 aliphatic heterocycles. The molecule has 0 aromatic carbocycles. The van der Waals surface area contributed by atoms with Gasteiger partial charge >= 0.3 is 5.97 Å². The van der Waals surface area contributed by atoms with Crippen molar-refractivity contribution < 1.29 is 19.1 Å². The van der Waals surface area contributed by atoms with Crippen LogP contribution in [0.1, 0.15) is 104 Å². The van der Waals surface area contributed by atoms with E-state index in [0.717, 1.165) is 38.0 Å². The van der Waals surface area contributed by atoms with Gasteiger partial charge in [-0.25, -0.2) is 0 Å². The zero-order valence-electron chi connectivity index (χ0n) is 21.2. The van der Waals surface area contributed by atoms with E-state index in [0.29, 0.717) is 48.7 Å². The molecule has 0 heterocycles. The van der Waals surface area contributed by atoms with E-state index in [-0.39, 0.29) is 29.2 Å². The first-order valence-electron chi connectivity index (χ1n) is 13.8. The van der Waals surface area contributed by atoms with Crippen LogP contribution in [0.25, 0.3) is 0 Å². The maximum absolute atomic E-state index is 13.1. The Bertz CT molecular complexity index is 804. The highest BCUT2D eigenvalue weighted by Gasteiger charge is 2.62. The molecule has 4 rings (SSSR count). The fraction of sp³-hybridized carbons (Fsp3) is 0.828. The van der Waals surface area contributed by atoms with Crippen LogP contribution in [-0.4, -0.2) is 29.5 Å². The first kappa shape index (κ1) is 25.9. The van der Waals surface area contributed by atoms with Gasteiger partial charge in [-0.1, -0.05) is 51.0 Å². The van der Waals surface area contributed by atoms with Crippen molar-refractivity contribution in [3.63, 3.8) is 0 Å². The predicted octanol–water partition coefficient (Wildman–Crippen LogP) is 6.82. The Morgan fingerprint density at radius 3 is 2.44 bits per heavy atom. The lowest BCUT2D eigenvalue weighted by Gasteiger charge is -2.57.